The highest BCUT2D eigenvalue weighted by Gasteiger charge is 2.29. The first-order valence-corrected chi connectivity index (χ1v) is 7.35. The second-order valence-corrected chi connectivity index (χ2v) is 6.13. The minimum Gasteiger partial charge on any atom is -0.478 e. The number of carboxylic acid groups (broad SMARTS) is 1. The van der Waals surface area contributed by atoms with Crippen molar-refractivity contribution < 1.29 is 27.1 Å². The summed E-state index contributed by atoms with van der Waals surface area (Å²) in [6, 6.07) is 2.93. The van der Waals surface area contributed by atoms with Gasteiger partial charge in [0.1, 0.15) is 4.90 Å². The van der Waals surface area contributed by atoms with Gasteiger partial charge in [0.2, 0.25) is 10.0 Å². The lowest BCUT2D eigenvalue weighted by atomic mass is 10.2. The molecule has 2 N–H and O–H groups in total. The predicted octanol–water partition coefficient (Wildman–Crippen LogP) is 2.36. The Morgan fingerprint density at radius 2 is 2.05 bits per heavy atom. The molecule has 0 spiro atoms. The number of hydrogen-bond donors (Lipinski definition) is 2. The summed E-state index contributed by atoms with van der Waals surface area (Å²) < 4.78 is 51.5. The monoisotopic (exact) mass is 327 g/mol. The third-order valence-electron chi connectivity index (χ3n) is 2.51. The third kappa shape index (κ3) is 4.12. The van der Waals surface area contributed by atoms with Gasteiger partial charge in [-0.3, -0.25) is 0 Å². The van der Waals surface area contributed by atoms with Crippen molar-refractivity contribution in [2.75, 3.05) is 6.54 Å². The van der Waals surface area contributed by atoms with Crippen LogP contribution in [0, 0.1) is 0 Å². The Labute approximate surface area is 119 Å². The molecule has 0 saturated carbocycles. The zero-order chi connectivity index (χ0) is 15.6. The van der Waals surface area contributed by atoms with Crippen LogP contribution >= 0.6 is 11.6 Å². The van der Waals surface area contributed by atoms with Crippen molar-refractivity contribution in [1.29, 1.82) is 0 Å². The average molecular weight is 328 g/mol. The molecule has 0 aliphatic rings. The molecule has 20 heavy (non-hydrogen) atoms. The van der Waals surface area contributed by atoms with Gasteiger partial charge in [0.15, 0.2) is 0 Å². The number of halogens is 3. The van der Waals surface area contributed by atoms with Crippen LogP contribution < -0.4 is 4.72 Å². The molecule has 0 saturated heterocycles. The number of rotatable bonds is 6. The highest BCUT2D eigenvalue weighted by molar-refractivity contribution is 7.89. The lowest BCUT2D eigenvalue weighted by Crippen LogP contribution is -2.36. The van der Waals surface area contributed by atoms with Crippen molar-refractivity contribution in [2.24, 2.45) is 0 Å². The molecule has 0 amide bonds. The molecule has 0 aliphatic heterocycles. The van der Waals surface area contributed by atoms with Crippen molar-refractivity contribution in [1.82, 2.24) is 4.72 Å². The van der Waals surface area contributed by atoms with Gasteiger partial charge in [-0.2, -0.15) is 0 Å². The van der Waals surface area contributed by atoms with Crippen LogP contribution in [0.3, 0.4) is 0 Å². The molecule has 1 aromatic rings. The van der Waals surface area contributed by atoms with Crippen molar-refractivity contribution in [3.05, 3.63) is 28.8 Å². The number of alkyl halides is 2. The lowest BCUT2D eigenvalue weighted by Gasteiger charge is -2.15. The van der Waals surface area contributed by atoms with Crippen LogP contribution in [0.4, 0.5) is 8.78 Å². The van der Waals surface area contributed by atoms with Crippen molar-refractivity contribution in [3.8, 4) is 0 Å². The molecule has 5 nitrogen and oxygen atoms in total. The molecule has 9 heteroatoms. The number of sulfonamides is 1. The van der Waals surface area contributed by atoms with Crippen molar-refractivity contribution in [3.63, 3.8) is 0 Å². The van der Waals surface area contributed by atoms with E-state index in [2.05, 4.69) is 0 Å². The molecular formula is C11H12ClF2NO4S. The Morgan fingerprint density at radius 3 is 2.50 bits per heavy atom. The minimum atomic E-state index is -4.23. The minimum absolute atomic E-state index is 0.201. The van der Waals surface area contributed by atoms with Crippen molar-refractivity contribution >= 4 is 27.6 Å². The van der Waals surface area contributed by atoms with Gasteiger partial charge in [0.25, 0.3) is 5.92 Å². The molecule has 0 atom stereocenters. The zero-order valence-corrected chi connectivity index (χ0v) is 11.9. The molecule has 112 valence electrons. The summed E-state index contributed by atoms with van der Waals surface area (Å²) in [4.78, 5) is 10.2. The summed E-state index contributed by atoms with van der Waals surface area (Å²) in [6.07, 6.45) is -0.513. The third-order valence-corrected chi connectivity index (χ3v) is 4.39. The molecule has 0 unspecified atom stereocenters. The summed E-state index contributed by atoms with van der Waals surface area (Å²) in [6.45, 7) is 0.172. The Hall–Kier alpha value is -1.25. The van der Waals surface area contributed by atoms with E-state index in [1.165, 1.54) is 6.92 Å². The Morgan fingerprint density at radius 1 is 1.45 bits per heavy atom. The Balaban J connectivity index is 3.02. The van der Waals surface area contributed by atoms with E-state index >= 15 is 0 Å². The second kappa shape index (κ2) is 6.02. The van der Waals surface area contributed by atoms with E-state index < -0.39 is 39.8 Å². The number of benzene rings is 1. The molecular weight excluding hydrogens is 316 g/mol. The van der Waals surface area contributed by atoms with Gasteiger partial charge in [-0.05, 0) is 18.2 Å². The van der Waals surface area contributed by atoms with Gasteiger partial charge < -0.3 is 5.11 Å². The molecule has 0 heterocycles. The average Bonchev–Trinajstić information content (AvgIpc) is 2.36. The van der Waals surface area contributed by atoms with Crippen LogP contribution in [0.5, 0.6) is 0 Å². The maximum absolute atomic E-state index is 13.0. The first kappa shape index (κ1) is 16.8. The molecule has 1 aromatic carbocycles. The number of nitrogens with one attached hydrogen (secondary N) is 1. The molecule has 0 fully saturated rings. The van der Waals surface area contributed by atoms with Crippen LogP contribution in [-0.4, -0.2) is 32.0 Å². The van der Waals surface area contributed by atoms with Gasteiger partial charge in [0.05, 0.1) is 17.1 Å². The van der Waals surface area contributed by atoms with E-state index in [4.69, 9.17) is 16.7 Å². The van der Waals surface area contributed by atoms with Crippen LogP contribution in [-0.2, 0) is 10.0 Å². The van der Waals surface area contributed by atoms with Gasteiger partial charge >= 0.3 is 5.97 Å². The lowest BCUT2D eigenvalue weighted by molar-refractivity contribution is 0.00342. The van der Waals surface area contributed by atoms with E-state index in [1.807, 2.05) is 0 Å². The topological polar surface area (TPSA) is 83.5 Å². The van der Waals surface area contributed by atoms with E-state index in [0.29, 0.717) is 0 Å². The molecule has 1 rings (SSSR count). The second-order valence-electron chi connectivity index (χ2n) is 3.98. The largest absolute Gasteiger partial charge is 0.478 e. The quantitative estimate of drug-likeness (QED) is 0.840. The van der Waals surface area contributed by atoms with Crippen LogP contribution in [0.15, 0.2) is 23.1 Å². The highest BCUT2D eigenvalue weighted by Crippen LogP contribution is 2.24. The molecule has 0 aliphatic carbocycles. The summed E-state index contributed by atoms with van der Waals surface area (Å²) in [7, 11) is -4.23. The summed E-state index contributed by atoms with van der Waals surface area (Å²) in [5.74, 6) is -4.44. The van der Waals surface area contributed by atoms with Gasteiger partial charge in [-0.1, -0.05) is 18.5 Å². The fraction of sp³-hybridized carbons (Fsp3) is 0.364. The first-order chi connectivity index (χ1) is 9.09. The molecule has 0 aromatic heterocycles. The summed E-state index contributed by atoms with van der Waals surface area (Å²) in [5.41, 5.74) is -0.201. The Kier molecular flexibility index (Phi) is 5.06. The van der Waals surface area contributed by atoms with Crippen molar-refractivity contribution in [2.45, 2.75) is 24.2 Å². The van der Waals surface area contributed by atoms with Gasteiger partial charge in [-0.15, -0.1) is 0 Å². The van der Waals surface area contributed by atoms with E-state index in [9.17, 15) is 22.0 Å². The van der Waals surface area contributed by atoms with E-state index in [1.54, 1.807) is 4.72 Å². The molecule has 0 radical (unpaired) electrons. The van der Waals surface area contributed by atoms with Crippen LogP contribution in [0.1, 0.15) is 23.7 Å². The van der Waals surface area contributed by atoms with Gasteiger partial charge in [0, 0.05) is 6.42 Å². The number of aromatic carboxylic acids is 1. The first-order valence-electron chi connectivity index (χ1n) is 5.49. The van der Waals surface area contributed by atoms with Crippen LogP contribution in [0.25, 0.3) is 0 Å². The summed E-state index contributed by atoms with van der Waals surface area (Å²) >= 11 is 5.67. The fourth-order valence-corrected chi connectivity index (χ4v) is 2.86. The summed E-state index contributed by atoms with van der Waals surface area (Å²) in [5, 5.41) is 8.37. The molecule has 0 bridgehead atoms. The van der Waals surface area contributed by atoms with Gasteiger partial charge in [-0.25, -0.2) is 26.7 Å². The standard InChI is InChI=1S/C11H12ClF2NO4S/c1-2-11(13,14)6-15-20(18,19)9-4-3-7(10(16)17)5-8(9)12/h3-5,15H,2,6H2,1H3,(H,16,17). The maximum Gasteiger partial charge on any atom is 0.335 e. The van der Waals surface area contributed by atoms with E-state index in [-0.39, 0.29) is 10.6 Å². The highest BCUT2D eigenvalue weighted by atomic mass is 35.5. The number of hydrogen-bond acceptors (Lipinski definition) is 3. The maximum atomic E-state index is 13.0. The predicted molar refractivity (Wildman–Crippen MR) is 68.8 cm³/mol. The van der Waals surface area contributed by atoms with Crippen LogP contribution in [0.2, 0.25) is 5.02 Å². The fourth-order valence-electron chi connectivity index (χ4n) is 1.26. The van der Waals surface area contributed by atoms with E-state index in [0.717, 1.165) is 18.2 Å². The SMILES string of the molecule is CCC(F)(F)CNS(=O)(=O)c1ccc(C(=O)O)cc1Cl. The normalized spacial score (nSPS) is 12.4. The zero-order valence-electron chi connectivity index (χ0n) is 10.4. The smallest absolute Gasteiger partial charge is 0.335 e. The number of carboxylic acids is 1. The number of carbonyl (C=O) groups is 1. The Bertz CT molecular complexity index is 619.